The quantitative estimate of drug-likeness (QED) is 0.491. The lowest BCUT2D eigenvalue weighted by Gasteiger charge is -2.12. The van der Waals surface area contributed by atoms with Gasteiger partial charge in [-0.05, 0) is 18.6 Å². The molecule has 1 heterocycles. The standard InChI is InChI=1S/C13H15IN2O2/c1-2-18-13(17)12(16-14)7-9-8-15-11-6-4-3-5-10(9)11/h3-6,8,12,15-16H,2,7H2,1H3. The van der Waals surface area contributed by atoms with Gasteiger partial charge in [-0.1, -0.05) is 18.2 Å². The minimum atomic E-state index is -0.315. The molecule has 5 heteroatoms. The molecular weight excluding hydrogens is 343 g/mol. The zero-order valence-corrected chi connectivity index (χ0v) is 12.2. The molecule has 0 amide bonds. The van der Waals surface area contributed by atoms with Crippen molar-refractivity contribution in [2.45, 2.75) is 19.4 Å². The average Bonchev–Trinajstić information content (AvgIpc) is 2.79. The van der Waals surface area contributed by atoms with Crippen LogP contribution in [0.5, 0.6) is 0 Å². The van der Waals surface area contributed by atoms with Crippen LogP contribution in [-0.4, -0.2) is 23.6 Å². The Hall–Kier alpha value is -1.08. The van der Waals surface area contributed by atoms with E-state index in [1.54, 1.807) is 0 Å². The lowest BCUT2D eigenvalue weighted by Crippen LogP contribution is -2.34. The first kappa shape index (κ1) is 13.4. The molecule has 0 aliphatic heterocycles. The number of hydrogen-bond donors (Lipinski definition) is 2. The highest BCUT2D eigenvalue weighted by atomic mass is 127. The lowest BCUT2D eigenvalue weighted by molar-refractivity contribution is -0.144. The zero-order valence-electron chi connectivity index (χ0n) is 10.1. The molecule has 96 valence electrons. The Morgan fingerprint density at radius 2 is 2.28 bits per heavy atom. The summed E-state index contributed by atoms with van der Waals surface area (Å²) in [5.74, 6) is -0.211. The van der Waals surface area contributed by atoms with Gasteiger partial charge in [0.1, 0.15) is 6.04 Å². The van der Waals surface area contributed by atoms with E-state index in [2.05, 4.69) is 14.6 Å². The molecule has 0 aliphatic carbocycles. The van der Waals surface area contributed by atoms with Crippen LogP contribution < -0.4 is 3.53 Å². The van der Waals surface area contributed by atoms with Crippen LogP contribution in [0, 0.1) is 0 Å². The van der Waals surface area contributed by atoms with Crippen molar-refractivity contribution >= 4 is 39.7 Å². The highest BCUT2D eigenvalue weighted by Crippen LogP contribution is 2.19. The number of nitrogens with one attached hydrogen (secondary N) is 2. The van der Waals surface area contributed by atoms with Crippen molar-refractivity contribution in [3.8, 4) is 0 Å². The number of rotatable bonds is 5. The molecule has 0 saturated carbocycles. The van der Waals surface area contributed by atoms with Crippen LogP contribution in [0.15, 0.2) is 30.5 Å². The molecule has 0 saturated heterocycles. The molecule has 18 heavy (non-hydrogen) atoms. The van der Waals surface area contributed by atoms with Crippen LogP contribution in [0.1, 0.15) is 12.5 Å². The second-order valence-electron chi connectivity index (χ2n) is 3.98. The number of carbonyl (C=O) groups excluding carboxylic acids is 1. The highest BCUT2D eigenvalue weighted by molar-refractivity contribution is 14.1. The maximum absolute atomic E-state index is 11.7. The molecule has 4 nitrogen and oxygen atoms in total. The van der Waals surface area contributed by atoms with Gasteiger partial charge in [0.15, 0.2) is 0 Å². The molecule has 0 aliphatic rings. The molecule has 0 spiro atoms. The van der Waals surface area contributed by atoms with Crippen LogP contribution in [-0.2, 0) is 16.0 Å². The minimum Gasteiger partial charge on any atom is -0.465 e. The highest BCUT2D eigenvalue weighted by Gasteiger charge is 2.20. The summed E-state index contributed by atoms with van der Waals surface area (Å²) < 4.78 is 8.01. The third kappa shape index (κ3) is 2.84. The molecule has 1 aromatic heterocycles. The molecule has 1 aromatic carbocycles. The van der Waals surface area contributed by atoms with Crippen molar-refractivity contribution in [2.75, 3.05) is 6.61 Å². The summed E-state index contributed by atoms with van der Waals surface area (Å²) in [6.07, 6.45) is 2.57. The van der Waals surface area contributed by atoms with Crippen LogP contribution in [0.2, 0.25) is 0 Å². The Morgan fingerprint density at radius 1 is 1.50 bits per heavy atom. The van der Waals surface area contributed by atoms with E-state index in [1.807, 2.05) is 54.2 Å². The molecule has 0 fully saturated rings. The molecule has 2 N–H and O–H groups in total. The van der Waals surface area contributed by atoms with E-state index in [1.165, 1.54) is 0 Å². The van der Waals surface area contributed by atoms with Gasteiger partial charge in [0.2, 0.25) is 0 Å². The number of ether oxygens (including phenoxy) is 1. The predicted molar refractivity (Wildman–Crippen MR) is 79.6 cm³/mol. The van der Waals surface area contributed by atoms with Gasteiger partial charge >= 0.3 is 5.97 Å². The zero-order chi connectivity index (χ0) is 13.0. The fourth-order valence-electron chi connectivity index (χ4n) is 1.93. The van der Waals surface area contributed by atoms with Crippen LogP contribution >= 0.6 is 22.9 Å². The van der Waals surface area contributed by atoms with Gasteiger partial charge in [0.25, 0.3) is 0 Å². The van der Waals surface area contributed by atoms with Gasteiger partial charge in [-0.3, -0.25) is 4.79 Å². The van der Waals surface area contributed by atoms with Crippen molar-refractivity contribution in [3.63, 3.8) is 0 Å². The number of aromatic nitrogens is 1. The molecule has 0 bridgehead atoms. The summed E-state index contributed by atoms with van der Waals surface area (Å²) in [5.41, 5.74) is 2.20. The van der Waals surface area contributed by atoms with Crippen molar-refractivity contribution in [1.82, 2.24) is 8.51 Å². The third-order valence-corrected chi connectivity index (χ3v) is 3.55. The van der Waals surface area contributed by atoms with E-state index in [0.29, 0.717) is 13.0 Å². The lowest BCUT2D eigenvalue weighted by atomic mass is 10.1. The second-order valence-corrected chi connectivity index (χ2v) is 4.60. The Morgan fingerprint density at radius 3 is 3.00 bits per heavy atom. The van der Waals surface area contributed by atoms with E-state index < -0.39 is 0 Å². The minimum absolute atomic E-state index is 0.211. The van der Waals surface area contributed by atoms with Crippen LogP contribution in [0.4, 0.5) is 0 Å². The van der Waals surface area contributed by atoms with Crippen molar-refractivity contribution in [3.05, 3.63) is 36.0 Å². The van der Waals surface area contributed by atoms with Crippen LogP contribution in [0.25, 0.3) is 10.9 Å². The van der Waals surface area contributed by atoms with E-state index >= 15 is 0 Å². The monoisotopic (exact) mass is 358 g/mol. The number of aromatic amines is 1. The van der Waals surface area contributed by atoms with Gasteiger partial charge in [-0.15, -0.1) is 0 Å². The number of benzene rings is 1. The normalized spacial score (nSPS) is 12.6. The van der Waals surface area contributed by atoms with Gasteiger partial charge < -0.3 is 9.72 Å². The number of para-hydroxylation sites is 1. The van der Waals surface area contributed by atoms with Crippen molar-refractivity contribution < 1.29 is 9.53 Å². The molecule has 2 rings (SSSR count). The van der Waals surface area contributed by atoms with E-state index in [0.717, 1.165) is 16.5 Å². The Kier molecular flexibility index (Phi) is 4.60. The number of esters is 1. The maximum atomic E-state index is 11.7. The summed E-state index contributed by atoms with van der Waals surface area (Å²) in [7, 11) is 0. The smallest absolute Gasteiger partial charge is 0.324 e. The number of H-pyrrole nitrogens is 1. The fourth-order valence-corrected chi connectivity index (χ4v) is 2.40. The Labute approximate surface area is 120 Å². The number of carbonyl (C=O) groups is 1. The number of halogens is 1. The van der Waals surface area contributed by atoms with Gasteiger partial charge in [0, 0.05) is 46.4 Å². The molecule has 1 atom stereocenters. The third-order valence-electron chi connectivity index (χ3n) is 2.80. The first-order chi connectivity index (χ1) is 8.76. The average molecular weight is 358 g/mol. The molecule has 1 unspecified atom stereocenters. The summed E-state index contributed by atoms with van der Waals surface area (Å²) >= 11 is 1.99. The first-order valence-electron chi connectivity index (χ1n) is 5.84. The topological polar surface area (TPSA) is 54.1 Å². The van der Waals surface area contributed by atoms with E-state index in [-0.39, 0.29) is 12.0 Å². The van der Waals surface area contributed by atoms with Gasteiger partial charge in [-0.25, -0.2) is 3.53 Å². The summed E-state index contributed by atoms with van der Waals surface area (Å²) in [6, 6.07) is 7.75. The van der Waals surface area contributed by atoms with Gasteiger partial charge in [-0.2, -0.15) is 0 Å². The maximum Gasteiger partial charge on any atom is 0.324 e. The Balaban J connectivity index is 2.19. The largest absolute Gasteiger partial charge is 0.465 e. The van der Waals surface area contributed by atoms with Crippen molar-refractivity contribution in [2.24, 2.45) is 0 Å². The van der Waals surface area contributed by atoms with Crippen LogP contribution in [0.3, 0.4) is 0 Å². The molecule has 0 radical (unpaired) electrons. The Bertz CT molecular complexity index is 539. The summed E-state index contributed by atoms with van der Waals surface area (Å²) in [6.45, 7) is 2.22. The SMILES string of the molecule is CCOC(=O)C(Cc1c[nH]c2ccccc12)NI. The van der Waals surface area contributed by atoms with E-state index in [4.69, 9.17) is 4.74 Å². The summed E-state index contributed by atoms with van der Waals surface area (Å²) in [5, 5.41) is 1.15. The second kappa shape index (κ2) is 6.19. The molecular formula is C13H15IN2O2. The number of hydrogen-bond acceptors (Lipinski definition) is 3. The van der Waals surface area contributed by atoms with Gasteiger partial charge in [0.05, 0.1) is 6.61 Å². The van der Waals surface area contributed by atoms with E-state index in [9.17, 15) is 4.79 Å². The predicted octanol–water partition coefficient (Wildman–Crippen LogP) is 2.58. The number of fused-ring (bicyclic) bond motifs is 1. The first-order valence-corrected chi connectivity index (χ1v) is 6.92. The fraction of sp³-hybridized carbons (Fsp3) is 0.308. The summed E-state index contributed by atoms with van der Waals surface area (Å²) in [4.78, 5) is 14.9. The molecule has 2 aromatic rings. The van der Waals surface area contributed by atoms with Crippen molar-refractivity contribution in [1.29, 1.82) is 0 Å².